The van der Waals surface area contributed by atoms with Crippen LogP contribution in [0.15, 0.2) is 152 Å². The monoisotopic (exact) mass is 744 g/mol. The zero-order chi connectivity index (χ0) is 37.9. The Morgan fingerprint density at radius 1 is 0.362 bits per heavy atom. The smallest absolute Gasteiger partial charge is 0.0562 e. The second-order valence-electron chi connectivity index (χ2n) is 16.2. The molecule has 0 fully saturated rings. The zero-order valence-electron chi connectivity index (χ0n) is 32.2. The van der Waals surface area contributed by atoms with E-state index in [1.165, 1.54) is 105 Å². The summed E-state index contributed by atoms with van der Waals surface area (Å²) in [6, 6.07) is 49.9. The van der Waals surface area contributed by atoms with Gasteiger partial charge >= 0.3 is 0 Å². The van der Waals surface area contributed by atoms with E-state index < -0.39 is 0 Å². The highest BCUT2D eigenvalue weighted by Gasteiger charge is 2.26. The number of para-hydroxylation sites is 3. The lowest BCUT2D eigenvalue weighted by atomic mass is 9.99. The highest BCUT2D eigenvalue weighted by molar-refractivity contribution is 6.14. The number of hydrogen-bond acceptors (Lipinski definition) is 0. The number of rotatable bonds is 4. The molecule has 0 N–H and O–H groups in total. The van der Waals surface area contributed by atoms with Crippen molar-refractivity contribution < 1.29 is 0 Å². The normalized spacial score (nSPS) is 14.6. The minimum absolute atomic E-state index is 1.02. The molecule has 0 atom stereocenters. The second kappa shape index (κ2) is 12.2. The highest BCUT2D eigenvalue weighted by atomic mass is 15.1. The van der Waals surface area contributed by atoms with Crippen LogP contribution in [0, 0.1) is 0 Å². The molecule has 0 radical (unpaired) electrons. The van der Waals surface area contributed by atoms with Crippen molar-refractivity contribution in [3.05, 3.63) is 185 Å². The van der Waals surface area contributed by atoms with Crippen molar-refractivity contribution in [3.63, 3.8) is 0 Å². The summed E-state index contributed by atoms with van der Waals surface area (Å²) >= 11 is 0. The van der Waals surface area contributed by atoms with Gasteiger partial charge in [0.1, 0.15) is 0 Å². The first-order valence-corrected chi connectivity index (χ1v) is 20.9. The Hall–Kier alpha value is -7.04. The molecular weight excluding hydrogens is 705 g/mol. The van der Waals surface area contributed by atoms with Crippen molar-refractivity contribution >= 4 is 72.7 Å². The molecule has 0 bridgehead atoms. The summed E-state index contributed by atoms with van der Waals surface area (Å²) in [4.78, 5) is 0. The molecular formula is C54H40N4. The van der Waals surface area contributed by atoms with E-state index in [0.717, 1.165) is 44.2 Å². The lowest BCUT2D eigenvalue weighted by Gasteiger charge is -2.16. The third-order valence-electron chi connectivity index (χ3n) is 13.2. The van der Waals surface area contributed by atoms with Crippen molar-refractivity contribution in [2.75, 3.05) is 0 Å². The summed E-state index contributed by atoms with van der Waals surface area (Å²) in [6.07, 6.45) is 20.4. The number of aromatic nitrogens is 4. The van der Waals surface area contributed by atoms with Crippen molar-refractivity contribution in [1.29, 1.82) is 0 Å². The van der Waals surface area contributed by atoms with E-state index in [-0.39, 0.29) is 0 Å². The van der Waals surface area contributed by atoms with E-state index >= 15 is 0 Å². The Kier molecular flexibility index (Phi) is 6.77. The Labute approximate surface area is 336 Å². The van der Waals surface area contributed by atoms with Crippen LogP contribution in [-0.4, -0.2) is 18.3 Å². The van der Waals surface area contributed by atoms with Crippen molar-refractivity contribution in [3.8, 4) is 22.7 Å². The first-order valence-electron chi connectivity index (χ1n) is 20.9. The van der Waals surface area contributed by atoms with E-state index in [1.54, 1.807) is 0 Å². The quantitative estimate of drug-likeness (QED) is 0.171. The van der Waals surface area contributed by atoms with Crippen molar-refractivity contribution in [1.82, 2.24) is 18.3 Å². The maximum atomic E-state index is 2.55. The van der Waals surface area contributed by atoms with E-state index in [2.05, 4.69) is 188 Å². The van der Waals surface area contributed by atoms with Gasteiger partial charge in [0.25, 0.3) is 0 Å². The first-order chi connectivity index (χ1) is 28.8. The Balaban J connectivity index is 1.05. The molecule has 3 aliphatic carbocycles. The number of benzene rings is 6. The number of aryl methyl sites for hydroxylation is 2. The largest absolute Gasteiger partial charge is 0.312 e. The van der Waals surface area contributed by atoms with E-state index in [1.807, 2.05) is 0 Å². The topological polar surface area (TPSA) is 19.7 Å². The molecule has 4 aromatic heterocycles. The summed E-state index contributed by atoms with van der Waals surface area (Å²) in [6.45, 7) is 0. The van der Waals surface area contributed by atoms with Crippen LogP contribution in [0.2, 0.25) is 0 Å². The Morgan fingerprint density at radius 3 is 1.67 bits per heavy atom. The number of allylic oxidation sites excluding steroid dienone is 3. The van der Waals surface area contributed by atoms with E-state index in [4.69, 9.17) is 0 Å². The summed E-state index contributed by atoms with van der Waals surface area (Å²) in [7, 11) is 0. The summed E-state index contributed by atoms with van der Waals surface area (Å²) < 4.78 is 10.1. The summed E-state index contributed by atoms with van der Waals surface area (Å²) in [5, 5.41) is 6.60. The molecule has 3 aliphatic rings. The van der Waals surface area contributed by atoms with Gasteiger partial charge in [0.15, 0.2) is 0 Å². The Bertz CT molecular complexity index is 3460. The predicted octanol–water partition coefficient (Wildman–Crippen LogP) is 13.5. The molecule has 58 heavy (non-hydrogen) atoms. The van der Waals surface area contributed by atoms with Gasteiger partial charge in [-0.05, 0) is 122 Å². The third kappa shape index (κ3) is 4.35. The molecule has 0 saturated heterocycles. The van der Waals surface area contributed by atoms with Crippen LogP contribution in [0.5, 0.6) is 0 Å². The SMILES string of the molecule is C1=Cc2c(c3ccccc3n2-c2cccc3c2c2c(n3-c3cccc(-n4c5ccccc5c5c(-n6c7c(c8ccccc86)C=CCC7)cccc54)c3)C=CCC2)CC1. The van der Waals surface area contributed by atoms with Crippen LogP contribution >= 0.6 is 0 Å². The van der Waals surface area contributed by atoms with Gasteiger partial charge in [0.05, 0.1) is 39.0 Å². The number of hydrogen-bond donors (Lipinski definition) is 0. The molecule has 4 heterocycles. The van der Waals surface area contributed by atoms with Gasteiger partial charge in [-0.15, -0.1) is 0 Å². The van der Waals surface area contributed by atoms with Crippen LogP contribution in [-0.2, 0) is 19.3 Å². The van der Waals surface area contributed by atoms with E-state index in [9.17, 15) is 0 Å². The van der Waals surface area contributed by atoms with Gasteiger partial charge in [-0.1, -0.05) is 97.1 Å². The fourth-order valence-electron chi connectivity index (χ4n) is 10.9. The highest BCUT2D eigenvalue weighted by Crippen LogP contribution is 2.43. The van der Waals surface area contributed by atoms with Crippen LogP contribution in [0.4, 0.5) is 0 Å². The fraction of sp³-hybridized carbons (Fsp3) is 0.111. The van der Waals surface area contributed by atoms with Crippen LogP contribution < -0.4 is 0 Å². The maximum Gasteiger partial charge on any atom is 0.0562 e. The lowest BCUT2D eigenvalue weighted by Crippen LogP contribution is -2.04. The molecule has 0 unspecified atom stereocenters. The van der Waals surface area contributed by atoms with Crippen LogP contribution in [0.3, 0.4) is 0 Å². The van der Waals surface area contributed by atoms with Crippen molar-refractivity contribution in [2.24, 2.45) is 0 Å². The molecule has 0 aliphatic heterocycles. The fourth-order valence-corrected chi connectivity index (χ4v) is 10.9. The zero-order valence-corrected chi connectivity index (χ0v) is 32.2. The van der Waals surface area contributed by atoms with Crippen LogP contribution in [0.25, 0.3) is 95.5 Å². The maximum absolute atomic E-state index is 2.55. The van der Waals surface area contributed by atoms with Gasteiger partial charge in [-0.2, -0.15) is 0 Å². The van der Waals surface area contributed by atoms with E-state index in [0.29, 0.717) is 0 Å². The molecule has 13 rings (SSSR count). The number of fused-ring (bicyclic) bond motifs is 12. The van der Waals surface area contributed by atoms with Gasteiger partial charge in [-0.25, -0.2) is 0 Å². The number of nitrogens with zero attached hydrogens (tertiary/aromatic N) is 4. The molecule has 0 amide bonds. The standard InChI is InChI=1S/C54H40N4/c1-7-24-43-37(18-1)38-19-2-8-25-44(38)57(43)51-32-14-30-49-53(51)41-22-5-11-28-47(41)55(49)35-16-13-17-36(34-35)56-48-29-12-6-23-42(48)54-50(56)31-15-33-52(54)58-45-26-9-3-20-39(45)40-21-4-10-27-46(40)58/h1-3,5,7,9-20,22,24,26-34H,4,6,8,21,23,25H2. The average molecular weight is 745 g/mol. The predicted molar refractivity (Wildman–Crippen MR) is 243 cm³/mol. The van der Waals surface area contributed by atoms with Gasteiger partial charge < -0.3 is 18.3 Å². The molecule has 10 aromatic rings. The minimum Gasteiger partial charge on any atom is -0.312 e. The molecule has 4 nitrogen and oxygen atoms in total. The van der Waals surface area contributed by atoms with Crippen molar-refractivity contribution in [2.45, 2.75) is 38.5 Å². The molecule has 0 saturated carbocycles. The molecule has 4 heteroatoms. The molecule has 0 spiro atoms. The van der Waals surface area contributed by atoms with Gasteiger partial charge in [0.2, 0.25) is 0 Å². The Morgan fingerprint density at radius 2 is 0.897 bits per heavy atom. The minimum atomic E-state index is 1.02. The third-order valence-corrected chi connectivity index (χ3v) is 13.2. The van der Waals surface area contributed by atoms with Crippen LogP contribution in [0.1, 0.15) is 53.0 Å². The molecule has 6 aromatic carbocycles. The second-order valence-corrected chi connectivity index (χ2v) is 16.2. The summed E-state index contributed by atoms with van der Waals surface area (Å²) in [5.41, 5.74) is 19.4. The van der Waals surface area contributed by atoms with Gasteiger partial charge in [-0.3, -0.25) is 0 Å². The lowest BCUT2D eigenvalue weighted by molar-refractivity contribution is 0.892. The average Bonchev–Trinajstić information content (AvgIpc) is 4.02. The van der Waals surface area contributed by atoms with Gasteiger partial charge in [0, 0.05) is 61.0 Å². The first kappa shape index (κ1) is 32.1. The summed E-state index contributed by atoms with van der Waals surface area (Å²) in [5.74, 6) is 0. The molecule has 276 valence electrons.